The zero-order valence-corrected chi connectivity index (χ0v) is 7.50. The lowest BCUT2D eigenvalue weighted by Gasteiger charge is -2.36. The third-order valence-corrected chi connectivity index (χ3v) is 2.41. The van der Waals surface area contributed by atoms with Gasteiger partial charge in [-0.1, -0.05) is 6.92 Å². The fraction of sp³-hybridized carbons (Fsp3) is 0.875. The Balaban J connectivity index is 2.59. The van der Waals surface area contributed by atoms with E-state index in [2.05, 4.69) is 11.8 Å². The SMILES string of the molecule is CCN1CCN(C)C(=O)C1C. The highest BCUT2D eigenvalue weighted by atomic mass is 16.2. The van der Waals surface area contributed by atoms with Crippen molar-refractivity contribution >= 4 is 5.91 Å². The zero-order chi connectivity index (χ0) is 8.43. The van der Waals surface area contributed by atoms with Crippen LogP contribution in [0.1, 0.15) is 13.8 Å². The van der Waals surface area contributed by atoms with Crippen molar-refractivity contribution in [3.8, 4) is 0 Å². The summed E-state index contributed by atoms with van der Waals surface area (Å²) in [4.78, 5) is 15.4. The summed E-state index contributed by atoms with van der Waals surface area (Å²) in [6.07, 6.45) is 0. The van der Waals surface area contributed by atoms with Crippen molar-refractivity contribution < 1.29 is 4.79 Å². The summed E-state index contributed by atoms with van der Waals surface area (Å²) in [6, 6.07) is 0.0822. The van der Waals surface area contributed by atoms with Crippen LogP contribution < -0.4 is 0 Å². The van der Waals surface area contributed by atoms with Gasteiger partial charge in [0.1, 0.15) is 0 Å². The van der Waals surface area contributed by atoms with E-state index in [0.717, 1.165) is 19.6 Å². The largest absolute Gasteiger partial charge is 0.343 e. The third-order valence-electron chi connectivity index (χ3n) is 2.41. The van der Waals surface area contributed by atoms with Crippen molar-refractivity contribution in [1.29, 1.82) is 0 Å². The lowest BCUT2D eigenvalue weighted by Crippen LogP contribution is -2.54. The van der Waals surface area contributed by atoms with Gasteiger partial charge in [0.05, 0.1) is 6.04 Å². The summed E-state index contributed by atoms with van der Waals surface area (Å²) < 4.78 is 0. The molecule has 0 aromatic carbocycles. The first kappa shape index (κ1) is 8.53. The fourth-order valence-electron chi connectivity index (χ4n) is 1.49. The van der Waals surface area contributed by atoms with Gasteiger partial charge in [-0.25, -0.2) is 0 Å². The summed E-state index contributed by atoms with van der Waals surface area (Å²) in [5, 5.41) is 0. The number of hydrogen-bond acceptors (Lipinski definition) is 2. The molecule has 3 heteroatoms. The molecule has 1 atom stereocenters. The second kappa shape index (κ2) is 3.22. The van der Waals surface area contributed by atoms with Crippen molar-refractivity contribution in [2.75, 3.05) is 26.7 Å². The Morgan fingerprint density at radius 2 is 2.18 bits per heavy atom. The predicted molar refractivity (Wildman–Crippen MR) is 44.3 cm³/mol. The number of likely N-dealkylation sites (N-methyl/N-ethyl adjacent to an activating group) is 2. The molecule has 0 bridgehead atoms. The van der Waals surface area contributed by atoms with E-state index in [4.69, 9.17) is 0 Å². The lowest BCUT2D eigenvalue weighted by molar-refractivity contribution is -0.139. The van der Waals surface area contributed by atoms with Crippen molar-refractivity contribution in [3.05, 3.63) is 0 Å². The van der Waals surface area contributed by atoms with E-state index >= 15 is 0 Å². The van der Waals surface area contributed by atoms with E-state index in [1.807, 2.05) is 14.0 Å². The molecule has 0 aromatic heterocycles. The van der Waals surface area contributed by atoms with Crippen LogP contribution in [0.4, 0.5) is 0 Å². The highest BCUT2D eigenvalue weighted by molar-refractivity contribution is 5.81. The van der Waals surface area contributed by atoms with Gasteiger partial charge in [-0.2, -0.15) is 0 Å². The molecule has 1 fully saturated rings. The number of carbonyl (C=O) groups excluding carboxylic acids is 1. The minimum absolute atomic E-state index is 0.0822. The normalized spacial score (nSPS) is 27.7. The molecule has 0 aliphatic carbocycles. The van der Waals surface area contributed by atoms with Crippen molar-refractivity contribution in [3.63, 3.8) is 0 Å². The summed E-state index contributed by atoms with van der Waals surface area (Å²) in [7, 11) is 1.87. The van der Waals surface area contributed by atoms with E-state index in [1.54, 1.807) is 4.90 Å². The monoisotopic (exact) mass is 156 g/mol. The molecule has 3 nitrogen and oxygen atoms in total. The van der Waals surface area contributed by atoms with Gasteiger partial charge >= 0.3 is 0 Å². The summed E-state index contributed by atoms with van der Waals surface area (Å²) in [5.74, 6) is 0.248. The van der Waals surface area contributed by atoms with Crippen LogP contribution in [-0.4, -0.2) is 48.4 Å². The van der Waals surface area contributed by atoms with E-state index < -0.39 is 0 Å². The average Bonchev–Trinajstić information content (AvgIpc) is 2.01. The Morgan fingerprint density at radius 1 is 1.55 bits per heavy atom. The van der Waals surface area contributed by atoms with Crippen LogP contribution in [0.5, 0.6) is 0 Å². The van der Waals surface area contributed by atoms with Gasteiger partial charge in [-0.05, 0) is 13.5 Å². The van der Waals surface area contributed by atoms with Crippen molar-refractivity contribution in [2.45, 2.75) is 19.9 Å². The second-order valence-corrected chi connectivity index (χ2v) is 3.06. The zero-order valence-electron chi connectivity index (χ0n) is 7.50. The van der Waals surface area contributed by atoms with E-state index in [-0.39, 0.29) is 11.9 Å². The molecule has 0 N–H and O–H groups in total. The number of hydrogen-bond donors (Lipinski definition) is 0. The second-order valence-electron chi connectivity index (χ2n) is 3.06. The third kappa shape index (κ3) is 1.53. The molecule has 1 amide bonds. The lowest BCUT2D eigenvalue weighted by atomic mass is 10.2. The topological polar surface area (TPSA) is 23.6 Å². The van der Waals surface area contributed by atoms with Crippen LogP contribution >= 0.6 is 0 Å². The molecule has 1 unspecified atom stereocenters. The first-order chi connectivity index (χ1) is 5.16. The van der Waals surface area contributed by atoms with Gasteiger partial charge in [-0.15, -0.1) is 0 Å². The molecule has 0 aromatic rings. The molecular formula is C8H16N2O. The van der Waals surface area contributed by atoms with Crippen molar-refractivity contribution in [1.82, 2.24) is 9.80 Å². The Morgan fingerprint density at radius 3 is 2.73 bits per heavy atom. The maximum atomic E-state index is 11.4. The molecule has 1 rings (SSSR count). The average molecular weight is 156 g/mol. The summed E-state index contributed by atoms with van der Waals surface area (Å²) >= 11 is 0. The molecule has 1 aliphatic heterocycles. The van der Waals surface area contributed by atoms with Crippen LogP contribution in [0.2, 0.25) is 0 Å². The van der Waals surface area contributed by atoms with E-state index in [9.17, 15) is 4.79 Å². The standard InChI is InChI=1S/C8H16N2O/c1-4-10-6-5-9(3)8(11)7(10)2/h7H,4-6H2,1-3H3. The van der Waals surface area contributed by atoms with Crippen molar-refractivity contribution in [2.24, 2.45) is 0 Å². The minimum Gasteiger partial charge on any atom is -0.343 e. The Labute approximate surface area is 68.0 Å². The maximum Gasteiger partial charge on any atom is 0.239 e. The predicted octanol–water partition coefficient (Wildman–Crippen LogP) is 0.169. The molecule has 0 saturated carbocycles. The van der Waals surface area contributed by atoms with E-state index in [0.29, 0.717) is 0 Å². The van der Waals surface area contributed by atoms with Gasteiger partial charge < -0.3 is 4.90 Å². The van der Waals surface area contributed by atoms with E-state index in [1.165, 1.54) is 0 Å². The fourth-order valence-corrected chi connectivity index (χ4v) is 1.49. The quantitative estimate of drug-likeness (QED) is 0.540. The Bertz CT molecular complexity index is 158. The molecule has 1 saturated heterocycles. The summed E-state index contributed by atoms with van der Waals surface area (Å²) in [5.41, 5.74) is 0. The minimum atomic E-state index is 0.0822. The molecule has 1 heterocycles. The molecular weight excluding hydrogens is 140 g/mol. The van der Waals surface area contributed by atoms with Crippen LogP contribution in [0, 0.1) is 0 Å². The number of rotatable bonds is 1. The first-order valence-corrected chi connectivity index (χ1v) is 4.15. The van der Waals surface area contributed by atoms with Gasteiger partial charge in [-0.3, -0.25) is 9.69 Å². The highest BCUT2D eigenvalue weighted by Gasteiger charge is 2.27. The maximum absolute atomic E-state index is 11.4. The first-order valence-electron chi connectivity index (χ1n) is 4.15. The Hall–Kier alpha value is -0.570. The summed E-state index contributed by atoms with van der Waals surface area (Å²) in [6.45, 7) is 6.92. The van der Waals surface area contributed by atoms with Gasteiger partial charge in [0.2, 0.25) is 5.91 Å². The van der Waals surface area contributed by atoms with Gasteiger partial charge in [0.15, 0.2) is 0 Å². The number of nitrogens with zero attached hydrogens (tertiary/aromatic N) is 2. The Kier molecular flexibility index (Phi) is 2.49. The van der Waals surface area contributed by atoms with Crippen LogP contribution in [-0.2, 0) is 4.79 Å². The molecule has 0 spiro atoms. The van der Waals surface area contributed by atoms with Gasteiger partial charge in [0.25, 0.3) is 0 Å². The van der Waals surface area contributed by atoms with Crippen LogP contribution in [0.3, 0.4) is 0 Å². The van der Waals surface area contributed by atoms with Gasteiger partial charge in [0, 0.05) is 20.1 Å². The molecule has 0 radical (unpaired) electrons. The smallest absolute Gasteiger partial charge is 0.239 e. The number of piperazine rings is 1. The van der Waals surface area contributed by atoms with Crippen LogP contribution in [0.25, 0.3) is 0 Å². The molecule has 11 heavy (non-hydrogen) atoms. The number of carbonyl (C=O) groups is 1. The molecule has 64 valence electrons. The highest BCUT2D eigenvalue weighted by Crippen LogP contribution is 2.07. The number of amides is 1. The molecule has 1 aliphatic rings. The van der Waals surface area contributed by atoms with Crippen LogP contribution in [0.15, 0.2) is 0 Å².